The number of carbonyl (C=O) groups is 3. The zero-order valence-corrected chi connectivity index (χ0v) is 26.0. The average Bonchev–Trinajstić information content (AvgIpc) is 3.39. The second-order valence-corrected chi connectivity index (χ2v) is 12.4. The summed E-state index contributed by atoms with van der Waals surface area (Å²) in [5.41, 5.74) is 1.83. The van der Waals surface area contributed by atoms with Gasteiger partial charge in [0, 0.05) is 35.5 Å². The van der Waals surface area contributed by atoms with Crippen LogP contribution in [0.3, 0.4) is 0 Å². The van der Waals surface area contributed by atoms with E-state index >= 15 is 4.39 Å². The largest absolute Gasteiger partial charge is 0.341 e. The maximum Gasteiger partial charge on any atom is 0.321 e. The van der Waals surface area contributed by atoms with Gasteiger partial charge in [0.05, 0.1) is 16.4 Å². The molecule has 3 aliphatic heterocycles. The molecule has 47 heavy (non-hydrogen) atoms. The third kappa shape index (κ3) is 6.30. The average molecular weight is 656 g/mol. The molecule has 4 heterocycles. The third-order valence-electron chi connectivity index (χ3n) is 8.98. The lowest BCUT2D eigenvalue weighted by molar-refractivity contribution is -0.132. The van der Waals surface area contributed by atoms with Crippen LogP contribution in [-0.4, -0.2) is 74.9 Å². The Morgan fingerprint density at radius 1 is 0.957 bits per heavy atom. The number of carbonyl (C=O) groups excluding carboxylic acids is 3. The lowest BCUT2D eigenvalue weighted by Crippen LogP contribution is -2.52. The Labute approximate surface area is 274 Å². The highest BCUT2D eigenvalue weighted by Crippen LogP contribution is 2.37. The molecule has 4 amide bonds. The number of urea groups is 1. The van der Waals surface area contributed by atoms with E-state index in [9.17, 15) is 14.4 Å². The van der Waals surface area contributed by atoms with E-state index < -0.39 is 23.9 Å². The minimum atomic E-state index is -1.53. The van der Waals surface area contributed by atoms with Gasteiger partial charge in [0.2, 0.25) is 12.1 Å². The van der Waals surface area contributed by atoms with Gasteiger partial charge in [-0.15, -0.1) is 5.10 Å². The fourth-order valence-electron chi connectivity index (χ4n) is 6.66. The number of nitrogens with one attached hydrogen (secondary N) is 3. The molecule has 4 aliphatic rings. The molecule has 3 fully saturated rings. The minimum absolute atomic E-state index is 0.113. The maximum atomic E-state index is 15.3. The van der Waals surface area contributed by atoms with Crippen LogP contribution in [0.5, 0.6) is 0 Å². The molecule has 1 atom stereocenters. The molecule has 14 heteroatoms. The number of aromatic amines is 1. The van der Waals surface area contributed by atoms with E-state index in [4.69, 9.17) is 11.6 Å². The van der Waals surface area contributed by atoms with E-state index in [1.807, 2.05) is 4.90 Å². The summed E-state index contributed by atoms with van der Waals surface area (Å²) in [6, 6.07) is 17.0. The summed E-state index contributed by atoms with van der Waals surface area (Å²) in [7, 11) is 0. The number of tetrazole rings is 1. The molecule has 1 aliphatic carbocycles. The second-order valence-electron chi connectivity index (χ2n) is 12.0. The smallest absolute Gasteiger partial charge is 0.321 e. The van der Waals surface area contributed by atoms with Gasteiger partial charge in [-0.2, -0.15) is 0 Å². The highest BCUT2D eigenvalue weighted by Gasteiger charge is 2.38. The Kier molecular flexibility index (Phi) is 8.37. The van der Waals surface area contributed by atoms with Crippen LogP contribution in [0.15, 0.2) is 71.7 Å². The van der Waals surface area contributed by atoms with Crippen LogP contribution in [0.25, 0.3) is 11.4 Å². The molecule has 2 bridgehead atoms. The number of aromatic nitrogens is 4. The molecule has 4 aromatic rings. The van der Waals surface area contributed by atoms with E-state index in [-0.39, 0.29) is 34.4 Å². The van der Waals surface area contributed by atoms with Crippen molar-refractivity contribution in [2.24, 2.45) is 16.8 Å². The first-order valence-corrected chi connectivity index (χ1v) is 15.8. The van der Waals surface area contributed by atoms with Crippen molar-refractivity contribution >= 4 is 46.5 Å². The third-order valence-corrected chi connectivity index (χ3v) is 9.28. The lowest BCUT2D eigenvalue weighted by atomic mass is 9.84. The zero-order chi connectivity index (χ0) is 32.5. The molecular formula is C33H31ClFN9O3. The normalized spacial score (nSPS) is 20.6. The summed E-state index contributed by atoms with van der Waals surface area (Å²) in [5.74, 6) is -0.217. The number of benzodiazepines with no additional fused rings is 1. The summed E-state index contributed by atoms with van der Waals surface area (Å²) >= 11 is 6.75. The fraction of sp³-hybridized carbons (Fsp3) is 0.303. The lowest BCUT2D eigenvalue weighted by Gasteiger charge is -2.29. The highest BCUT2D eigenvalue weighted by molar-refractivity contribution is 6.36. The Balaban J connectivity index is 1.23. The number of rotatable bonds is 6. The van der Waals surface area contributed by atoms with Crippen LogP contribution in [0.1, 0.15) is 36.8 Å². The number of hydrogen-bond acceptors (Lipinski definition) is 7. The first kappa shape index (κ1) is 30.5. The molecule has 1 unspecified atom stereocenters. The van der Waals surface area contributed by atoms with Gasteiger partial charge in [-0.25, -0.2) is 19.3 Å². The zero-order valence-electron chi connectivity index (χ0n) is 25.2. The van der Waals surface area contributed by atoms with Gasteiger partial charge in [-0.3, -0.25) is 14.5 Å². The fourth-order valence-corrected chi connectivity index (χ4v) is 6.94. The molecule has 0 radical (unpaired) electrons. The number of fused-ring (bicyclic) bond motifs is 5. The van der Waals surface area contributed by atoms with E-state index in [0.717, 1.165) is 25.7 Å². The topological polar surface area (TPSA) is 149 Å². The molecule has 1 saturated carbocycles. The number of nitrogens with zero attached hydrogens (tertiary/aromatic N) is 6. The second kappa shape index (κ2) is 12.9. The number of anilines is 2. The van der Waals surface area contributed by atoms with Crippen LogP contribution >= 0.6 is 11.6 Å². The summed E-state index contributed by atoms with van der Waals surface area (Å²) in [5, 5.41) is 19.2. The summed E-state index contributed by atoms with van der Waals surface area (Å²) < 4.78 is 15.3. The maximum absolute atomic E-state index is 15.3. The van der Waals surface area contributed by atoms with Crippen molar-refractivity contribution in [2.75, 3.05) is 29.9 Å². The molecule has 3 N–H and O–H groups in total. The Morgan fingerprint density at radius 2 is 1.68 bits per heavy atom. The standard InChI is InChI=1S/C33H31ClFN9O3/c34-25-9-4-8-24-28(23-7-1-2-10-26(23)35)37-31(38-33(47)36-22-6-3-5-21(15-22)30-39-41-42-40-30)32(46)44(29(24)25)18-27(45)43-16-19-11-12-20(17-43)14-13-19/h1-10,15,19-20,31H,11-14,16-18H2,(H2,36,38,47)(H,39,40,41,42). The number of H-pyrrole nitrogens is 1. The van der Waals surface area contributed by atoms with Crippen LogP contribution in [0.2, 0.25) is 5.02 Å². The van der Waals surface area contributed by atoms with Crippen molar-refractivity contribution in [2.45, 2.75) is 31.8 Å². The van der Waals surface area contributed by atoms with E-state index in [0.29, 0.717) is 47.6 Å². The first-order valence-electron chi connectivity index (χ1n) is 15.5. The van der Waals surface area contributed by atoms with Crippen LogP contribution in [0.4, 0.5) is 20.6 Å². The van der Waals surface area contributed by atoms with Gasteiger partial charge in [0.25, 0.3) is 5.91 Å². The molecule has 8 rings (SSSR count). The van der Waals surface area contributed by atoms with Crippen molar-refractivity contribution in [3.63, 3.8) is 0 Å². The van der Waals surface area contributed by atoms with Crippen molar-refractivity contribution in [3.05, 3.63) is 88.7 Å². The van der Waals surface area contributed by atoms with Gasteiger partial charge in [0.15, 0.2) is 5.82 Å². The quantitative estimate of drug-likeness (QED) is 0.276. The Morgan fingerprint density at radius 3 is 2.40 bits per heavy atom. The number of amides is 4. The minimum Gasteiger partial charge on any atom is -0.341 e. The van der Waals surface area contributed by atoms with Crippen LogP contribution in [-0.2, 0) is 9.59 Å². The van der Waals surface area contributed by atoms with Gasteiger partial charge in [0.1, 0.15) is 12.4 Å². The van der Waals surface area contributed by atoms with Crippen molar-refractivity contribution in [3.8, 4) is 11.4 Å². The molecule has 0 spiro atoms. The first-order chi connectivity index (χ1) is 22.8. The Bertz CT molecular complexity index is 1850. The summed E-state index contributed by atoms with van der Waals surface area (Å²) in [4.78, 5) is 49.4. The number of para-hydroxylation sites is 1. The van der Waals surface area contributed by atoms with Crippen molar-refractivity contribution in [1.82, 2.24) is 30.8 Å². The predicted molar refractivity (Wildman–Crippen MR) is 173 cm³/mol. The molecule has 12 nitrogen and oxygen atoms in total. The number of benzene rings is 3. The Hall–Kier alpha value is -5.17. The summed E-state index contributed by atoms with van der Waals surface area (Å²) in [6.45, 7) is 0.955. The number of aliphatic imine (C=N–C) groups is 1. The van der Waals surface area contributed by atoms with Crippen molar-refractivity contribution in [1.29, 1.82) is 0 Å². The number of halogens is 2. The molecule has 240 valence electrons. The number of hydrogen-bond donors (Lipinski definition) is 3. The predicted octanol–water partition coefficient (Wildman–Crippen LogP) is 4.64. The monoisotopic (exact) mass is 655 g/mol. The van der Waals surface area contributed by atoms with E-state index in [2.05, 4.69) is 36.3 Å². The molecular weight excluding hydrogens is 625 g/mol. The molecule has 1 aromatic heterocycles. The van der Waals surface area contributed by atoms with Gasteiger partial charge < -0.3 is 15.5 Å². The summed E-state index contributed by atoms with van der Waals surface area (Å²) in [6.07, 6.45) is 2.83. The molecule has 3 aromatic carbocycles. The van der Waals surface area contributed by atoms with Crippen LogP contribution in [0, 0.1) is 17.7 Å². The highest BCUT2D eigenvalue weighted by atomic mass is 35.5. The van der Waals surface area contributed by atoms with Crippen LogP contribution < -0.4 is 15.5 Å². The van der Waals surface area contributed by atoms with Gasteiger partial charge >= 0.3 is 6.03 Å². The van der Waals surface area contributed by atoms with Gasteiger partial charge in [-0.1, -0.05) is 48.0 Å². The van der Waals surface area contributed by atoms with E-state index in [1.165, 1.54) is 17.0 Å². The van der Waals surface area contributed by atoms with Crippen molar-refractivity contribution < 1.29 is 18.8 Å². The molecule has 2 saturated heterocycles. The van der Waals surface area contributed by atoms with E-state index in [1.54, 1.807) is 54.6 Å². The SMILES string of the molecule is O=C(Nc1cccc(-c2nnn[nH]2)c1)NC1N=C(c2ccccc2F)c2cccc(Cl)c2N(CC(=O)N2CC3CCC(CC3)C2)C1=O. The van der Waals surface area contributed by atoms with Gasteiger partial charge in [-0.05, 0) is 78.3 Å².